The van der Waals surface area contributed by atoms with Crippen LogP contribution in [0.3, 0.4) is 0 Å². The normalized spacial score (nSPS) is 20.3. The first-order valence-electron chi connectivity index (χ1n) is 7.64. The van der Waals surface area contributed by atoms with Gasteiger partial charge in [-0.05, 0) is 38.4 Å². The number of hydrogen-bond acceptors (Lipinski definition) is 3. The molecule has 0 saturated carbocycles. The lowest BCUT2D eigenvalue weighted by Crippen LogP contribution is -2.39. The number of nitrogens with two attached hydrogens (primary N) is 1. The molecule has 1 aromatic rings. The van der Waals surface area contributed by atoms with Gasteiger partial charge in [-0.2, -0.15) is 0 Å². The predicted molar refractivity (Wildman–Crippen MR) is 88.0 cm³/mol. The molecule has 1 fully saturated rings. The second-order valence-electron chi connectivity index (χ2n) is 5.47. The molecule has 1 atom stereocenters. The molecule has 0 amide bonds. The molecule has 2 rings (SSSR count). The summed E-state index contributed by atoms with van der Waals surface area (Å²) in [6.07, 6.45) is 3.93. The third-order valence-electron chi connectivity index (χ3n) is 3.98. The number of para-hydroxylation sites is 2. The minimum Gasteiger partial charge on any atom is -0.495 e. The van der Waals surface area contributed by atoms with Crippen LogP contribution in [0.15, 0.2) is 29.3 Å². The summed E-state index contributed by atoms with van der Waals surface area (Å²) >= 11 is 0. The zero-order chi connectivity index (χ0) is 15.1. The SMILES string of the molecule is COc1ccccc1NC(N)=NCCN1CCCCC1C. The lowest BCUT2D eigenvalue weighted by Gasteiger charge is -2.32. The van der Waals surface area contributed by atoms with Crippen LogP contribution in [0, 0.1) is 0 Å². The molecule has 0 radical (unpaired) electrons. The third-order valence-corrected chi connectivity index (χ3v) is 3.98. The van der Waals surface area contributed by atoms with Gasteiger partial charge in [0.2, 0.25) is 0 Å². The van der Waals surface area contributed by atoms with E-state index >= 15 is 0 Å². The Bertz CT molecular complexity index is 475. The van der Waals surface area contributed by atoms with Crippen molar-refractivity contribution in [3.05, 3.63) is 24.3 Å². The van der Waals surface area contributed by atoms with Gasteiger partial charge in [0.05, 0.1) is 19.3 Å². The Morgan fingerprint density at radius 2 is 2.24 bits per heavy atom. The first-order valence-corrected chi connectivity index (χ1v) is 7.64. The molecule has 5 heteroatoms. The van der Waals surface area contributed by atoms with Gasteiger partial charge in [-0.1, -0.05) is 18.6 Å². The lowest BCUT2D eigenvalue weighted by molar-refractivity contribution is 0.166. The summed E-state index contributed by atoms with van der Waals surface area (Å²) < 4.78 is 5.28. The molecule has 1 unspecified atom stereocenters. The van der Waals surface area contributed by atoms with Crippen molar-refractivity contribution in [3.8, 4) is 5.75 Å². The van der Waals surface area contributed by atoms with E-state index in [1.807, 2.05) is 24.3 Å². The zero-order valence-electron chi connectivity index (χ0n) is 13.0. The minimum absolute atomic E-state index is 0.434. The van der Waals surface area contributed by atoms with Gasteiger partial charge < -0.3 is 15.8 Å². The highest BCUT2D eigenvalue weighted by atomic mass is 16.5. The van der Waals surface area contributed by atoms with Gasteiger partial charge in [0.15, 0.2) is 5.96 Å². The quantitative estimate of drug-likeness (QED) is 0.645. The fourth-order valence-electron chi connectivity index (χ4n) is 2.71. The number of aliphatic imine (C=N–C) groups is 1. The Hall–Kier alpha value is -1.75. The first kappa shape index (κ1) is 15.6. The largest absolute Gasteiger partial charge is 0.495 e. The average molecular weight is 290 g/mol. The summed E-state index contributed by atoms with van der Waals surface area (Å²) in [6, 6.07) is 8.35. The second kappa shape index (κ2) is 7.88. The maximum Gasteiger partial charge on any atom is 0.193 e. The molecule has 5 nitrogen and oxygen atoms in total. The van der Waals surface area contributed by atoms with Gasteiger partial charge in [0, 0.05) is 12.6 Å². The van der Waals surface area contributed by atoms with Crippen LogP contribution in [0.1, 0.15) is 26.2 Å². The van der Waals surface area contributed by atoms with Crippen molar-refractivity contribution in [1.82, 2.24) is 4.90 Å². The van der Waals surface area contributed by atoms with Gasteiger partial charge in [-0.3, -0.25) is 9.89 Å². The van der Waals surface area contributed by atoms with E-state index in [0.717, 1.165) is 24.5 Å². The number of nitrogens with one attached hydrogen (secondary N) is 1. The molecular weight excluding hydrogens is 264 g/mol. The van der Waals surface area contributed by atoms with Gasteiger partial charge >= 0.3 is 0 Å². The Labute approximate surface area is 127 Å². The average Bonchev–Trinajstić information content (AvgIpc) is 2.50. The number of guanidine groups is 1. The summed E-state index contributed by atoms with van der Waals surface area (Å²) in [5, 5.41) is 3.09. The standard InChI is InChI=1S/C16H26N4O/c1-13-7-5-6-11-20(13)12-10-18-16(17)19-14-8-3-4-9-15(14)21-2/h3-4,8-9,13H,5-7,10-12H2,1-2H3,(H3,17,18,19). The van der Waals surface area contributed by atoms with Crippen LogP contribution < -0.4 is 15.8 Å². The highest BCUT2D eigenvalue weighted by molar-refractivity contribution is 5.93. The number of methoxy groups -OCH3 is 1. The molecule has 1 aromatic carbocycles. The molecule has 0 aliphatic carbocycles. The number of anilines is 1. The molecular formula is C16H26N4O. The van der Waals surface area contributed by atoms with E-state index in [9.17, 15) is 0 Å². The van der Waals surface area contributed by atoms with Crippen LogP contribution in [-0.4, -0.2) is 43.6 Å². The van der Waals surface area contributed by atoms with Crippen molar-refractivity contribution in [1.29, 1.82) is 0 Å². The number of rotatable bonds is 5. The van der Waals surface area contributed by atoms with Gasteiger partial charge in [0.25, 0.3) is 0 Å². The summed E-state index contributed by atoms with van der Waals surface area (Å²) in [5.41, 5.74) is 6.78. The van der Waals surface area contributed by atoms with E-state index in [-0.39, 0.29) is 0 Å². The molecule has 0 aromatic heterocycles. The number of benzene rings is 1. The van der Waals surface area contributed by atoms with Crippen LogP contribution in [0.25, 0.3) is 0 Å². The van der Waals surface area contributed by atoms with E-state index in [1.165, 1.54) is 25.8 Å². The molecule has 0 bridgehead atoms. The van der Waals surface area contributed by atoms with Crippen molar-refractivity contribution in [2.24, 2.45) is 10.7 Å². The Kier molecular flexibility index (Phi) is 5.87. The predicted octanol–water partition coefficient (Wildman–Crippen LogP) is 2.30. The topological polar surface area (TPSA) is 62.9 Å². The van der Waals surface area contributed by atoms with Gasteiger partial charge in [0.1, 0.15) is 5.75 Å². The van der Waals surface area contributed by atoms with Crippen LogP contribution in [0.4, 0.5) is 5.69 Å². The Balaban J connectivity index is 1.83. The van der Waals surface area contributed by atoms with Gasteiger partial charge in [-0.25, -0.2) is 0 Å². The second-order valence-corrected chi connectivity index (χ2v) is 5.47. The van der Waals surface area contributed by atoms with E-state index in [1.54, 1.807) is 7.11 Å². The molecule has 1 aliphatic rings. The van der Waals surface area contributed by atoms with Crippen LogP contribution in [0.5, 0.6) is 5.75 Å². The minimum atomic E-state index is 0.434. The summed E-state index contributed by atoms with van der Waals surface area (Å²) in [5.74, 6) is 1.20. The van der Waals surface area contributed by atoms with Crippen molar-refractivity contribution in [2.75, 3.05) is 32.1 Å². The van der Waals surface area contributed by atoms with E-state index in [0.29, 0.717) is 12.0 Å². The Morgan fingerprint density at radius 3 is 3.00 bits per heavy atom. The molecule has 116 valence electrons. The molecule has 3 N–H and O–H groups in total. The van der Waals surface area contributed by atoms with Crippen molar-refractivity contribution in [3.63, 3.8) is 0 Å². The van der Waals surface area contributed by atoms with Gasteiger partial charge in [-0.15, -0.1) is 0 Å². The van der Waals surface area contributed by atoms with Crippen LogP contribution in [-0.2, 0) is 0 Å². The maximum absolute atomic E-state index is 5.94. The molecule has 21 heavy (non-hydrogen) atoms. The number of piperidine rings is 1. The Morgan fingerprint density at radius 1 is 1.43 bits per heavy atom. The fourth-order valence-corrected chi connectivity index (χ4v) is 2.71. The van der Waals surface area contributed by atoms with E-state index in [2.05, 4.69) is 22.1 Å². The van der Waals surface area contributed by atoms with Crippen molar-refractivity contribution in [2.45, 2.75) is 32.2 Å². The lowest BCUT2D eigenvalue weighted by atomic mass is 10.0. The number of hydrogen-bond donors (Lipinski definition) is 2. The summed E-state index contributed by atoms with van der Waals surface area (Å²) in [6.45, 7) is 5.16. The molecule has 1 saturated heterocycles. The first-order chi connectivity index (χ1) is 10.2. The summed E-state index contributed by atoms with van der Waals surface area (Å²) in [4.78, 5) is 6.90. The van der Waals surface area contributed by atoms with Crippen LogP contribution in [0.2, 0.25) is 0 Å². The maximum atomic E-state index is 5.94. The number of ether oxygens (including phenoxy) is 1. The number of nitrogens with zero attached hydrogens (tertiary/aromatic N) is 2. The fraction of sp³-hybridized carbons (Fsp3) is 0.562. The van der Waals surface area contributed by atoms with Crippen molar-refractivity contribution < 1.29 is 4.74 Å². The van der Waals surface area contributed by atoms with Crippen LogP contribution >= 0.6 is 0 Å². The highest BCUT2D eigenvalue weighted by Gasteiger charge is 2.17. The number of likely N-dealkylation sites (tertiary alicyclic amines) is 1. The summed E-state index contributed by atoms with van der Waals surface area (Å²) in [7, 11) is 1.64. The third kappa shape index (κ3) is 4.63. The van der Waals surface area contributed by atoms with E-state index in [4.69, 9.17) is 10.5 Å². The van der Waals surface area contributed by atoms with E-state index < -0.39 is 0 Å². The smallest absolute Gasteiger partial charge is 0.193 e. The zero-order valence-corrected chi connectivity index (χ0v) is 13.0. The van der Waals surface area contributed by atoms with Crippen molar-refractivity contribution >= 4 is 11.6 Å². The molecule has 0 spiro atoms. The molecule has 1 heterocycles. The molecule has 1 aliphatic heterocycles. The monoisotopic (exact) mass is 290 g/mol. The highest BCUT2D eigenvalue weighted by Crippen LogP contribution is 2.22.